The number of alkyl halides is 3. The third kappa shape index (κ3) is 5.97. The number of aromatic amines is 1. The Hall–Kier alpha value is -3.74. The van der Waals surface area contributed by atoms with E-state index in [1.165, 1.54) is 12.1 Å². The molecule has 0 aliphatic carbocycles. The van der Waals surface area contributed by atoms with E-state index < -0.39 is 17.8 Å². The predicted molar refractivity (Wildman–Crippen MR) is 152 cm³/mol. The molecule has 3 nitrogen and oxygen atoms in total. The van der Waals surface area contributed by atoms with Crippen molar-refractivity contribution in [2.45, 2.75) is 25.1 Å². The molecule has 0 amide bonds. The highest BCUT2D eigenvalue weighted by Gasteiger charge is 2.30. The molecule has 1 unspecified atom stereocenters. The van der Waals surface area contributed by atoms with Crippen LogP contribution >= 0.6 is 23.2 Å². The van der Waals surface area contributed by atoms with E-state index in [-0.39, 0.29) is 11.5 Å². The van der Waals surface area contributed by atoms with Gasteiger partial charge in [0.25, 0.3) is 0 Å². The second kappa shape index (κ2) is 10.8. The number of benzene rings is 4. The first-order chi connectivity index (χ1) is 18.6. The van der Waals surface area contributed by atoms with Crippen LogP contribution in [0.2, 0.25) is 10.0 Å². The van der Waals surface area contributed by atoms with Gasteiger partial charge in [0.05, 0.1) is 11.1 Å². The number of aromatic nitrogens is 1. The van der Waals surface area contributed by atoms with E-state index in [1.54, 1.807) is 13.0 Å². The average Bonchev–Trinajstić information content (AvgIpc) is 2.90. The van der Waals surface area contributed by atoms with Crippen molar-refractivity contribution in [3.63, 3.8) is 0 Å². The van der Waals surface area contributed by atoms with E-state index in [0.717, 1.165) is 34.2 Å². The van der Waals surface area contributed by atoms with Gasteiger partial charge in [0.2, 0.25) is 5.56 Å². The Labute approximate surface area is 233 Å². The van der Waals surface area contributed by atoms with Gasteiger partial charge in [0.1, 0.15) is 0 Å². The topological polar surface area (TPSA) is 44.9 Å². The number of hydrogen-bond acceptors (Lipinski definition) is 2. The predicted octanol–water partition coefficient (Wildman–Crippen LogP) is 9.21. The fourth-order valence-corrected chi connectivity index (χ4v) is 5.01. The summed E-state index contributed by atoms with van der Waals surface area (Å²) >= 11 is 12.3. The standard InChI is InChI=1S/C31H23Cl2F3N2O/c1-18(21-3-2-4-23(15-21)31(34,35)36)37-28-17-29(39)38-27-14-9-22(16-26(27)28)30(19-5-10-24(32)11-6-19)20-7-12-25(33)13-8-20/h2-18,30H,1H3,(H2,37,38,39). The highest BCUT2D eigenvalue weighted by molar-refractivity contribution is 6.30. The first-order valence-corrected chi connectivity index (χ1v) is 13.0. The quantitative estimate of drug-likeness (QED) is 0.201. The van der Waals surface area contributed by atoms with Crippen LogP contribution in [-0.2, 0) is 6.18 Å². The van der Waals surface area contributed by atoms with Crippen molar-refractivity contribution >= 4 is 39.8 Å². The minimum absolute atomic E-state index is 0.162. The summed E-state index contributed by atoms with van der Waals surface area (Å²) in [6.07, 6.45) is -4.44. The van der Waals surface area contributed by atoms with Gasteiger partial charge in [-0.1, -0.05) is 65.7 Å². The van der Waals surface area contributed by atoms with E-state index >= 15 is 0 Å². The van der Waals surface area contributed by atoms with Crippen molar-refractivity contribution in [3.8, 4) is 0 Å². The van der Waals surface area contributed by atoms with Crippen LogP contribution in [-0.4, -0.2) is 4.98 Å². The second-order valence-electron chi connectivity index (χ2n) is 9.38. The van der Waals surface area contributed by atoms with Crippen LogP contribution in [0.25, 0.3) is 10.9 Å². The van der Waals surface area contributed by atoms with Crippen molar-refractivity contribution in [2.75, 3.05) is 5.32 Å². The van der Waals surface area contributed by atoms with E-state index in [4.69, 9.17) is 23.2 Å². The van der Waals surface area contributed by atoms with Crippen LogP contribution in [0, 0.1) is 0 Å². The summed E-state index contributed by atoms with van der Waals surface area (Å²) in [7, 11) is 0. The highest BCUT2D eigenvalue weighted by Crippen LogP contribution is 2.36. The SMILES string of the molecule is CC(Nc1cc(=O)[nH]c2ccc(C(c3ccc(Cl)cc3)c3ccc(Cl)cc3)cc12)c1cccc(C(F)(F)F)c1. The molecule has 8 heteroatoms. The number of fused-ring (bicyclic) bond motifs is 1. The molecule has 2 N–H and O–H groups in total. The zero-order valence-corrected chi connectivity index (χ0v) is 22.2. The van der Waals surface area contributed by atoms with Gasteiger partial charge >= 0.3 is 6.18 Å². The van der Waals surface area contributed by atoms with Crippen molar-refractivity contribution in [1.29, 1.82) is 0 Å². The van der Waals surface area contributed by atoms with Crippen molar-refractivity contribution < 1.29 is 13.2 Å². The molecule has 0 fully saturated rings. The van der Waals surface area contributed by atoms with Crippen LogP contribution in [0.1, 0.15) is 46.7 Å². The molecule has 0 saturated carbocycles. The Morgan fingerprint density at radius 1 is 0.744 bits per heavy atom. The van der Waals surface area contributed by atoms with Crippen LogP contribution in [0.15, 0.2) is 102 Å². The molecule has 0 saturated heterocycles. The summed E-state index contributed by atoms with van der Waals surface area (Å²) in [4.78, 5) is 15.3. The lowest BCUT2D eigenvalue weighted by Crippen LogP contribution is -2.13. The summed E-state index contributed by atoms with van der Waals surface area (Å²) in [5.41, 5.74) is 3.52. The number of nitrogens with one attached hydrogen (secondary N) is 2. The first kappa shape index (κ1) is 26.9. The monoisotopic (exact) mass is 566 g/mol. The second-order valence-corrected chi connectivity index (χ2v) is 10.3. The van der Waals surface area contributed by atoms with E-state index in [0.29, 0.717) is 26.8 Å². The molecule has 0 bridgehead atoms. The van der Waals surface area contributed by atoms with Crippen LogP contribution in [0.5, 0.6) is 0 Å². The lowest BCUT2D eigenvalue weighted by Gasteiger charge is -2.21. The Balaban J connectivity index is 1.59. The molecule has 4 aromatic carbocycles. The van der Waals surface area contributed by atoms with Gasteiger partial charge in [0, 0.05) is 39.1 Å². The summed E-state index contributed by atoms with van der Waals surface area (Å²) in [6.45, 7) is 1.76. The summed E-state index contributed by atoms with van der Waals surface area (Å²) in [5.74, 6) is -0.162. The molecule has 0 aliphatic heterocycles. The lowest BCUT2D eigenvalue weighted by molar-refractivity contribution is -0.137. The van der Waals surface area contributed by atoms with Gasteiger partial charge in [-0.05, 0) is 77.7 Å². The van der Waals surface area contributed by atoms with Crippen LogP contribution in [0.4, 0.5) is 18.9 Å². The molecule has 0 aliphatic rings. The largest absolute Gasteiger partial charge is 0.416 e. The molecular weight excluding hydrogens is 544 g/mol. The number of anilines is 1. The van der Waals surface area contributed by atoms with Crippen LogP contribution < -0.4 is 10.9 Å². The zero-order chi connectivity index (χ0) is 27.7. The van der Waals surface area contributed by atoms with Crippen molar-refractivity contribution in [2.24, 2.45) is 0 Å². The fraction of sp³-hybridized carbons (Fsp3) is 0.129. The maximum absolute atomic E-state index is 13.3. The Kier molecular flexibility index (Phi) is 7.43. The third-order valence-corrected chi connectivity index (χ3v) is 7.20. The minimum Gasteiger partial charge on any atom is -0.378 e. The average molecular weight is 567 g/mol. The molecule has 5 aromatic rings. The number of halogens is 5. The van der Waals surface area contributed by atoms with Gasteiger partial charge in [-0.2, -0.15) is 13.2 Å². The highest BCUT2D eigenvalue weighted by atomic mass is 35.5. The van der Waals surface area contributed by atoms with Crippen LogP contribution in [0.3, 0.4) is 0 Å². The molecule has 1 aromatic heterocycles. The van der Waals surface area contributed by atoms with Crippen molar-refractivity contribution in [1.82, 2.24) is 4.98 Å². The molecular formula is C31H23Cl2F3N2O. The number of rotatable bonds is 6. The minimum atomic E-state index is -4.44. The molecule has 39 heavy (non-hydrogen) atoms. The molecule has 198 valence electrons. The summed E-state index contributed by atoms with van der Waals surface area (Å²) in [6, 6.07) is 27.1. The Morgan fingerprint density at radius 3 is 1.92 bits per heavy atom. The molecule has 0 radical (unpaired) electrons. The molecule has 0 spiro atoms. The third-order valence-electron chi connectivity index (χ3n) is 6.69. The number of H-pyrrole nitrogens is 1. The molecule has 5 rings (SSSR count). The normalized spacial score (nSPS) is 12.6. The van der Waals surface area contributed by atoms with E-state index in [2.05, 4.69) is 10.3 Å². The Morgan fingerprint density at radius 2 is 1.33 bits per heavy atom. The fourth-order valence-electron chi connectivity index (χ4n) is 4.76. The maximum Gasteiger partial charge on any atom is 0.416 e. The maximum atomic E-state index is 13.3. The lowest BCUT2D eigenvalue weighted by atomic mass is 9.84. The van der Waals surface area contributed by atoms with Gasteiger partial charge in [-0.3, -0.25) is 4.79 Å². The van der Waals surface area contributed by atoms with Crippen molar-refractivity contribution in [3.05, 3.63) is 145 Å². The van der Waals surface area contributed by atoms with E-state index in [9.17, 15) is 18.0 Å². The molecule has 1 atom stereocenters. The van der Waals surface area contributed by atoms with E-state index in [1.807, 2.05) is 66.7 Å². The Bertz CT molecular complexity index is 1630. The van der Waals surface area contributed by atoms with Gasteiger partial charge < -0.3 is 10.3 Å². The number of pyridine rings is 1. The molecule has 1 heterocycles. The van der Waals surface area contributed by atoms with Gasteiger partial charge in [-0.15, -0.1) is 0 Å². The summed E-state index contributed by atoms with van der Waals surface area (Å²) < 4.78 is 39.8. The summed E-state index contributed by atoms with van der Waals surface area (Å²) in [5, 5.41) is 5.24. The van der Waals surface area contributed by atoms with Gasteiger partial charge in [-0.25, -0.2) is 0 Å². The van der Waals surface area contributed by atoms with Gasteiger partial charge in [0.15, 0.2) is 0 Å². The first-order valence-electron chi connectivity index (χ1n) is 12.2. The number of hydrogen-bond donors (Lipinski definition) is 2. The smallest absolute Gasteiger partial charge is 0.378 e. The zero-order valence-electron chi connectivity index (χ0n) is 20.7.